The largest absolute Gasteiger partial charge is 0.355 e. The Labute approximate surface area is 156 Å². The molecule has 1 aliphatic rings. The Morgan fingerprint density at radius 2 is 2.08 bits per heavy atom. The molecule has 1 aliphatic heterocycles. The highest BCUT2D eigenvalue weighted by atomic mass is 16.1. The van der Waals surface area contributed by atoms with Gasteiger partial charge in [0.2, 0.25) is 5.91 Å². The number of aryl methyl sites for hydroxylation is 2. The molecule has 1 N–H and O–H groups in total. The van der Waals surface area contributed by atoms with E-state index in [1.807, 2.05) is 36.1 Å². The van der Waals surface area contributed by atoms with Gasteiger partial charge in [0, 0.05) is 44.4 Å². The van der Waals surface area contributed by atoms with E-state index in [1.165, 1.54) is 19.3 Å². The van der Waals surface area contributed by atoms with Crippen LogP contribution in [0.2, 0.25) is 0 Å². The van der Waals surface area contributed by atoms with Crippen LogP contribution in [0.15, 0.2) is 36.5 Å². The first kappa shape index (κ1) is 18.6. The topological polar surface area (TPSA) is 50.2 Å². The Hall–Kier alpha value is -2.14. The third-order valence-corrected chi connectivity index (χ3v) is 5.23. The van der Waals surface area contributed by atoms with Crippen molar-refractivity contribution in [1.82, 2.24) is 20.0 Å². The average molecular weight is 354 g/mol. The summed E-state index contributed by atoms with van der Waals surface area (Å²) in [6.45, 7) is 5.14. The van der Waals surface area contributed by atoms with Gasteiger partial charge in [-0.15, -0.1) is 0 Å². The molecule has 0 bridgehead atoms. The first-order chi connectivity index (χ1) is 12.6. The third kappa shape index (κ3) is 4.94. The number of hydrogen-bond donors (Lipinski definition) is 1. The molecule has 1 amide bonds. The molecular formula is C21H30N4O. The fraction of sp³-hybridized carbons (Fsp3) is 0.524. The number of aromatic nitrogens is 2. The molecule has 0 radical (unpaired) electrons. The second-order valence-corrected chi connectivity index (χ2v) is 7.27. The molecule has 5 nitrogen and oxygen atoms in total. The van der Waals surface area contributed by atoms with Crippen LogP contribution in [-0.2, 0) is 18.3 Å². The number of nitrogens with zero attached hydrogens (tertiary/aromatic N) is 3. The molecule has 0 spiro atoms. The first-order valence-electron chi connectivity index (χ1n) is 9.72. The maximum absolute atomic E-state index is 12.2. The van der Waals surface area contributed by atoms with Crippen molar-refractivity contribution in [3.63, 3.8) is 0 Å². The first-order valence-corrected chi connectivity index (χ1v) is 9.72. The van der Waals surface area contributed by atoms with Gasteiger partial charge in [0.15, 0.2) is 0 Å². The van der Waals surface area contributed by atoms with E-state index >= 15 is 0 Å². The van der Waals surface area contributed by atoms with E-state index in [2.05, 4.69) is 34.4 Å². The average Bonchev–Trinajstić information content (AvgIpc) is 3.03. The van der Waals surface area contributed by atoms with Gasteiger partial charge in [0.1, 0.15) is 0 Å². The van der Waals surface area contributed by atoms with Crippen LogP contribution in [0.1, 0.15) is 38.2 Å². The van der Waals surface area contributed by atoms with Crippen molar-refractivity contribution in [2.75, 3.05) is 19.6 Å². The number of carbonyl (C=O) groups is 1. The summed E-state index contributed by atoms with van der Waals surface area (Å²) in [5.41, 5.74) is 3.20. The summed E-state index contributed by atoms with van der Waals surface area (Å²) in [5.74, 6) is 0.123. The van der Waals surface area contributed by atoms with Gasteiger partial charge in [-0.3, -0.25) is 14.4 Å². The second-order valence-electron chi connectivity index (χ2n) is 7.27. The van der Waals surface area contributed by atoms with E-state index in [-0.39, 0.29) is 5.91 Å². The molecular weight excluding hydrogens is 324 g/mol. The Morgan fingerprint density at radius 3 is 2.85 bits per heavy atom. The third-order valence-electron chi connectivity index (χ3n) is 5.23. The van der Waals surface area contributed by atoms with E-state index in [4.69, 9.17) is 0 Å². The lowest BCUT2D eigenvalue weighted by Crippen LogP contribution is -2.42. The predicted molar refractivity (Wildman–Crippen MR) is 105 cm³/mol. The van der Waals surface area contributed by atoms with Crippen LogP contribution in [0.25, 0.3) is 11.3 Å². The second kappa shape index (κ2) is 8.99. The van der Waals surface area contributed by atoms with Crippen LogP contribution in [0.3, 0.4) is 0 Å². The zero-order valence-corrected chi connectivity index (χ0v) is 15.9. The quantitative estimate of drug-likeness (QED) is 0.831. The molecule has 1 aromatic heterocycles. The Bertz CT molecular complexity index is 710. The molecule has 5 heteroatoms. The van der Waals surface area contributed by atoms with Crippen LogP contribution < -0.4 is 5.32 Å². The van der Waals surface area contributed by atoms with Gasteiger partial charge in [-0.2, -0.15) is 5.10 Å². The number of amides is 1. The number of nitrogens with one attached hydrogen (secondary N) is 1. The van der Waals surface area contributed by atoms with E-state index in [1.54, 1.807) is 0 Å². The van der Waals surface area contributed by atoms with E-state index in [9.17, 15) is 4.79 Å². The van der Waals surface area contributed by atoms with Crippen molar-refractivity contribution in [2.45, 2.75) is 45.1 Å². The minimum absolute atomic E-state index is 0.123. The zero-order chi connectivity index (χ0) is 18.4. The van der Waals surface area contributed by atoms with Gasteiger partial charge >= 0.3 is 0 Å². The zero-order valence-electron chi connectivity index (χ0n) is 15.9. The number of carbonyl (C=O) groups excluding carboxylic acids is 1. The highest BCUT2D eigenvalue weighted by molar-refractivity contribution is 5.76. The Balaban J connectivity index is 1.47. The summed E-state index contributed by atoms with van der Waals surface area (Å²) >= 11 is 0. The van der Waals surface area contributed by atoms with Crippen molar-refractivity contribution < 1.29 is 4.79 Å². The van der Waals surface area contributed by atoms with Gasteiger partial charge in [-0.05, 0) is 38.3 Å². The van der Waals surface area contributed by atoms with Crippen molar-refractivity contribution in [1.29, 1.82) is 0 Å². The van der Waals surface area contributed by atoms with Crippen molar-refractivity contribution >= 4 is 5.91 Å². The Kier molecular flexibility index (Phi) is 6.45. The number of benzene rings is 1. The molecule has 2 aromatic rings. The van der Waals surface area contributed by atoms with Crippen molar-refractivity contribution in [2.24, 2.45) is 7.05 Å². The van der Waals surface area contributed by atoms with Crippen LogP contribution in [0.4, 0.5) is 0 Å². The lowest BCUT2D eigenvalue weighted by atomic mass is 10.0. The molecule has 0 saturated carbocycles. The van der Waals surface area contributed by atoms with E-state index < -0.39 is 0 Å². The standard InChI is InChI=1S/C21H30N4O/c1-17-8-6-7-14-25(17)15-13-22-20(26)12-11-19-16-24(2)23-21(19)18-9-4-3-5-10-18/h3-5,9-10,16-17H,6-8,11-15H2,1-2H3,(H,22,26)/t17-/m0/s1. The maximum Gasteiger partial charge on any atom is 0.220 e. The fourth-order valence-corrected chi connectivity index (χ4v) is 3.72. The van der Waals surface area contributed by atoms with Gasteiger partial charge in [-0.1, -0.05) is 36.8 Å². The lowest BCUT2D eigenvalue weighted by Gasteiger charge is -2.33. The smallest absolute Gasteiger partial charge is 0.220 e. The molecule has 0 aliphatic carbocycles. The van der Waals surface area contributed by atoms with Crippen LogP contribution in [0, 0.1) is 0 Å². The molecule has 3 rings (SSSR count). The highest BCUT2D eigenvalue weighted by Crippen LogP contribution is 2.22. The number of hydrogen-bond acceptors (Lipinski definition) is 3. The predicted octanol–water partition coefficient (Wildman–Crippen LogP) is 3.01. The summed E-state index contributed by atoms with van der Waals surface area (Å²) < 4.78 is 1.83. The summed E-state index contributed by atoms with van der Waals surface area (Å²) in [6.07, 6.45) is 7.12. The monoisotopic (exact) mass is 354 g/mol. The number of likely N-dealkylation sites (tertiary alicyclic amines) is 1. The van der Waals surface area contributed by atoms with Gasteiger partial charge in [0.05, 0.1) is 5.69 Å². The van der Waals surface area contributed by atoms with Gasteiger partial charge < -0.3 is 5.32 Å². The summed E-state index contributed by atoms with van der Waals surface area (Å²) in [7, 11) is 1.93. The van der Waals surface area contributed by atoms with Crippen LogP contribution in [0.5, 0.6) is 0 Å². The van der Waals surface area contributed by atoms with E-state index in [0.29, 0.717) is 18.9 Å². The molecule has 1 atom stereocenters. The van der Waals surface area contributed by atoms with Gasteiger partial charge in [0.25, 0.3) is 0 Å². The fourth-order valence-electron chi connectivity index (χ4n) is 3.72. The summed E-state index contributed by atoms with van der Waals surface area (Å²) in [4.78, 5) is 14.7. The van der Waals surface area contributed by atoms with Gasteiger partial charge in [-0.25, -0.2) is 0 Å². The molecule has 1 saturated heterocycles. The maximum atomic E-state index is 12.2. The molecule has 1 fully saturated rings. The molecule has 0 unspecified atom stereocenters. The minimum Gasteiger partial charge on any atom is -0.355 e. The molecule has 1 aromatic carbocycles. The molecule has 140 valence electrons. The van der Waals surface area contributed by atoms with Crippen molar-refractivity contribution in [3.05, 3.63) is 42.1 Å². The summed E-state index contributed by atoms with van der Waals surface area (Å²) in [6, 6.07) is 10.8. The molecule has 2 heterocycles. The minimum atomic E-state index is 0.123. The van der Waals surface area contributed by atoms with E-state index in [0.717, 1.165) is 36.5 Å². The Morgan fingerprint density at radius 1 is 1.27 bits per heavy atom. The van der Waals surface area contributed by atoms with Crippen LogP contribution in [-0.4, -0.2) is 46.3 Å². The number of piperidine rings is 1. The normalized spacial score (nSPS) is 18.0. The highest BCUT2D eigenvalue weighted by Gasteiger charge is 2.17. The lowest BCUT2D eigenvalue weighted by molar-refractivity contribution is -0.121. The van der Waals surface area contributed by atoms with Crippen LogP contribution >= 0.6 is 0 Å². The SMILES string of the molecule is C[C@H]1CCCCN1CCNC(=O)CCc1cn(C)nc1-c1ccccc1. The summed E-state index contributed by atoms with van der Waals surface area (Å²) in [5, 5.41) is 7.65. The number of rotatable bonds is 7. The van der Waals surface area contributed by atoms with Crippen molar-refractivity contribution in [3.8, 4) is 11.3 Å². The molecule has 26 heavy (non-hydrogen) atoms.